The molecule has 2 aliphatic heterocycles. The molecule has 2 saturated heterocycles. The van der Waals surface area contributed by atoms with Gasteiger partial charge in [-0.15, -0.1) is 5.10 Å². The van der Waals surface area contributed by atoms with Gasteiger partial charge in [0.15, 0.2) is 0 Å². The summed E-state index contributed by atoms with van der Waals surface area (Å²) in [7, 11) is 0. The summed E-state index contributed by atoms with van der Waals surface area (Å²) in [6.45, 7) is 1.32. The van der Waals surface area contributed by atoms with Gasteiger partial charge in [-0.1, -0.05) is 42.7 Å². The van der Waals surface area contributed by atoms with Crippen LogP contribution >= 0.6 is 0 Å². The summed E-state index contributed by atoms with van der Waals surface area (Å²) in [4.78, 5) is 12.6. The minimum Gasteiger partial charge on any atom is -0.487 e. The number of carbonyl (C=O) groups is 1. The van der Waals surface area contributed by atoms with E-state index in [0.717, 1.165) is 37.1 Å². The summed E-state index contributed by atoms with van der Waals surface area (Å²) in [5.74, 6) is 1.08. The summed E-state index contributed by atoms with van der Waals surface area (Å²) >= 11 is 0. The van der Waals surface area contributed by atoms with Crippen molar-refractivity contribution in [1.82, 2.24) is 20.3 Å². The summed E-state index contributed by atoms with van der Waals surface area (Å²) in [5, 5.41) is 11.7. The van der Waals surface area contributed by atoms with Gasteiger partial charge in [0.25, 0.3) is 0 Å². The van der Waals surface area contributed by atoms with Gasteiger partial charge < -0.3 is 19.5 Å². The minimum absolute atomic E-state index is 0.0513. The van der Waals surface area contributed by atoms with Gasteiger partial charge in [-0.2, -0.15) is 0 Å². The number of amides is 1. The molecule has 3 aliphatic rings. The number of hydrogen-bond acceptors (Lipinski definition) is 6. The molecule has 1 amide bonds. The van der Waals surface area contributed by atoms with Crippen LogP contribution in [0.15, 0.2) is 36.5 Å². The molecule has 1 saturated carbocycles. The second kappa shape index (κ2) is 8.73. The molecule has 0 spiro atoms. The van der Waals surface area contributed by atoms with Crippen LogP contribution in [0.2, 0.25) is 0 Å². The van der Waals surface area contributed by atoms with E-state index < -0.39 is 0 Å². The lowest BCUT2D eigenvalue weighted by Crippen LogP contribution is -2.46. The Morgan fingerprint density at radius 2 is 1.90 bits per heavy atom. The Morgan fingerprint density at radius 1 is 1.10 bits per heavy atom. The van der Waals surface area contributed by atoms with Crippen molar-refractivity contribution < 1.29 is 19.0 Å². The maximum atomic E-state index is 12.6. The number of fused-ring (bicyclic) bond motifs is 1. The van der Waals surface area contributed by atoms with E-state index in [2.05, 4.69) is 15.6 Å². The summed E-state index contributed by atoms with van der Waals surface area (Å²) in [6, 6.07) is 9.49. The van der Waals surface area contributed by atoms with Crippen LogP contribution in [0.1, 0.15) is 43.8 Å². The van der Waals surface area contributed by atoms with Gasteiger partial charge in [-0.05, 0) is 25.0 Å². The molecule has 1 aliphatic carbocycles. The Morgan fingerprint density at radius 3 is 2.73 bits per heavy atom. The van der Waals surface area contributed by atoms with Gasteiger partial charge in [-0.3, -0.25) is 4.79 Å². The second-order valence-electron chi connectivity index (χ2n) is 8.40. The highest BCUT2D eigenvalue weighted by atomic mass is 16.6. The fourth-order valence-electron chi connectivity index (χ4n) is 4.71. The van der Waals surface area contributed by atoms with E-state index in [0.29, 0.717) is 19.8 Å². The van der Waals surface area contributed by atoms with Crippen LogP contribution in [-0.4, -0.2) is 52.4 Å². The van der Waals surface area contributed by atoms with Crippen molar-refractivity contribution in [2.45, 2.75) is 63.0 Å². The maximum Gasteiger partial charge on any atom is 0.223 e. The average molecular weight is 412 g/mol. The molecule has 1 aromatic carbocycles. The van der Waals surface area contributed by atoms with Crippen LogP contribution in [-0.2, 0) is 20.9 Å². The van der Waals surface area contributed by atoms with Crippen LogP contribution in [0.4, 0.5) is 0 Å². The predicted molar refractivity (Wildman–Crippen MR) is 108 cm³/mol. The van der Waals surface area contributed by atoms with Gasteiger partial charge >= 0.3 is 0 Å². The Kier molecular flexibility index (Phi) is 5.68. The molecule has 4 atom stereocenters. The molecule has 3 heterocycles. The molecule has 8 nitrogen and oxygen atoms in total. The van der Waals surface area contributed by atoms with E-state index in [1.807, 2.05) is 36.5 Å². The van der Waals surface area contributed by atoms with Crippen molar-refractivity contribution in [3.8, 4) is 5.75 Å². The Balaban J connectivity index is 1.17. The summed E-state index contributed by atoms with van der Waals surface area (Å²) in [5.41, 5.74) is 0.752. The quantitative estimate of drug-likeness (QED) is 0.783. The molecule has 0 bridgehead atoms. The predicted octanol–water partition coefficient (Wildman–Crippen LogP) is 2.26. The van der Waals surface area contributed by atoms with Crippen LogP contribution < -0.4 is 10.1 Å². The van der Waals surface area contributed by atoms with Crippen molar-refractivity contribution in [2.24, 2.45) is 5.92 Å². The lowest BCUT2D eigenvalue weighted by Gasteiger charge is -2.24. The van der Waals surface area contributed by atoms with Crippen LogP contribution in [0.5, 0.6) is 5.75 Å². The van der Waals surface area contributed by atoms with Crippen molar-refractivity contribution in [3.05, 3.63) is 42.2 Å². The van der Waals surface area contributed by atoms with Gasteiger partial charge in [0.1, 0.15) is 36.3 Å². The monoisotopic (exact) mass is 412 g/mol. The van der Waals surface area contributed by atoms with Crippen LogP contribution in [0, 0.1) is 5.92 Å². The van der Waals surface area contributed by atoms with E-state index in [4.69, 9.17) is 14.2 Å². The molecule has 1 aromatic heterocycles. The first-order valence-corrected chi connectivity index (χ1v) is 10.9. The van der Waals surface area contributed by atoms with Crippen LogP contribution in [0.3, 0.4) is 0 Å². The van der Waals surface area contributed by atoms with E-state index in [1.165, 1.54) is 6.42 Å². The van der Waals surface area contributed by atoms with Gasteiger partial charge in [0, 0.05) is 5.92 Å². The first kappa shape index (κ1) is 19.5. The lowest BCUT2D eigenvalue weighted by molar-refractivity contribution is -0.127. The van der Waals surface area contributed by atoms with Gasteiger partial charge in [0.05, 0.1) is 25.5 Å². The number of benzene rings is 1. The molecule has 160 valence electrons. The molecule has 8 heteroatoms. The number of aromatic nitrogens is 3. The van der Waals surface area contributed by atoms with Crippen molar-refractivity contribution in [1.29, 1.82) is 0 Å². The van der Waals surface area contributed by atoms with Crippen LogP contribution in [0.25, 0.3) is 0 Å². The molecule has 2 aromatic rings. The average Bonchev–Trinajstić information content (AvgIpc) is 3.51. The fourth-order valence-corrected chi connectivity index (χ4v) is 4.71. The Labute approximate surface area is 175 Å². The van der Waals surface area contributed by atoms with E-state index in [-0.39, 0.29) is 36.1 Å². The smallest absolute Gasteiger partial charge is 0.223 e. The maximum absolute atomic E-state index is 12.6. The van der Waals surface area contributed by atoms with E-state index >= 15 is 0 Å². The fraction of sp³-hybridized carbons (Fsp3) is 0.591. The zero-order chi connectivity index (χ0) is 20.3. The SMILES string of the molecule is O=C(N[C@H]1CO[C@H]2[C@H]1OC[C@H]2n1cc(COc2ccccc2)nn1)C1CCCCC1. The van der Waals surface area contributed by atoms with Crippen molar-refractivity contribution >= 4 is 5.91 Å². The topological polar surface area (TPSA) is 87.5 Å². The highest BCUT2D eigenvalue weighted by Crippen LogP contribution is 2.34. The molecule has 1 N–H and O–H groups in total. The number of nitrogens with zero attached hydrogens (tertiary/aromatic N) is 3. The third-order valence-corrected chi connectivity index (χ3v) is 6.36. The van der Waals surface area contributed by atoms with Crippen molar-refractivity contribution in [3.63, 3.8) is 0 Å². The minimum atomic E-state index is -0.143. The first-order valence-electron chi connectivity index (χ1n) is 10.9. The molecule has 5 rings (SSSR count). The first-order chi connectivity index (χ1) is 14.8. The largest absolute Gasteiger partial charge is 0.487 e. The number of hydrogen-bond donors (Lipinski definition) is 1. The number of carbonyl (C=O) groups excluding carboxylic acids is 1. The zero-order valence-electron chi connectivity index (χ0n) is 17.0. The molecule has 0 unspecified atom stereocenters. The summed E-state index contributed by atoms with van der Waals surface area (Å²) in [6.07, 6.45) is 7.12. The molecule has 30 heavy (non-hydrogen) atoms. The zero-order valence-corrected chi connectivity index (χ0v) is 17.0. The molecule has 0 radical (unpaired) electrons. The number of nitrogens with one attached hydrogen (secondary N) is 1. The number of para-hydroxylation sites is 1. The standard InChI is InChI=1S/C22H28N4O4/c27-22(15-7-3-1-4-8-15)23-18-13-29-21-19(14-30-20(18)21)26-11-16(24-25-26)12-28-17-9-5-2-6-10-17/h2,5-6,9-11,15,18-21H,1,3-4,7-8,12-14H2,(H,23,27)/t18-,19+,20-,21+/m0/s1. The third-order valence-electron chi connectivity index (χ3n) is 6.36. The van der Waals surface area contributed by atoms with E-state index in [1.54, 1.807) is 4.68 Å². The van der Waals surface area contributed by atoms with Crippen molar-refractivity contribution in [2.75, 3.05) is 13.2 Å². The summed E-state index contributed by atoms with van der Waals surface area (Å²) < 4.78 is 19.6. The number of ether oxygens (including phenoxy) is 3. The normalized spacial score (nSPS) is 28.9. The molecular weight excluding hydrogens is 384 g/mol. The Bertz CT molecular complexity index is 852. The highest BCUT2D eigenvalue weighted by Gasteiger charge is 2.49. The highest BCUT2D eigenvalue weighted by molar-refractivity contribution is 5.79. The van der Waals surface area contributed by atoms with E-state index in [9.17, 15) is 4.79 Å². The Hall–Kier alpha value is -2.45. The lowest BCUT2D eigenvalue weighted by atomic mass is 9.88. The molecule has 3 fully saturated rings. The van der Waals surface area contributed by atoms with Gasteiger partial charge in [0.2, 0.25) is 5.91 Å². The second-order valence-corrected chi connectivity index (χ2v) is 8.40. The molecular formula is C22H28N4O4. The van der Waals surface area contributed by atoms with Gasteiger partial charge in [-0.25, -0.2) is 4.68 Å². The third kappa shape index (κ3) is 4.06. The number of rotatable bonds is 6.